The summed E-state index contributed by atoms with van der Waals surface area (Å²) in [6.45, 7) is 9.81. The lowest BCUT2D eigenvalue weighted by atomic mass is 9.87. The van der Waals surface area contributed by atoms with Gasteiger partial charge in [0.25, 0.3) is 0 Å². The Morgan fingerprint density at radius 1 is 1.21 bits per heavy atom. The predicted octanol–water partition coefficient (Wildman–Crippen LogP) is 4.03. The summed E-state index contributed by atoms with van der Waals surface area (Å²) in [5.41, 5.74) is 3.65. The van der Waals surface area contributed by atoms with Crippen LogP contribution in [0.15, 0.2) is 30.3 Å². The molecule has 1 aromatic carbocycles. The van der Waals surface area contributed by atoms with Crippen LogP contribution in [0.4, 0.5) is 0 Å². The minimum absolute atomic E-state index is 0.486. The summed E-state index contributed by atoms with van der Waals surface area (Å²) in [6.07, 6.45) is 1.14. The second kappa shape index (κ2) is 6.16. The van der Waals surface area contributed by atoms with Gasteiger partial charge in [-0.25, -0.2) is 0 Å². The first-order chi connectivity index (χ1) is 9.17. The van der Waals surface area contributed by atoms with E-state index in [2.05, 4.69) is 68.3 Å². The number of nitrogens with zero attached hydrogens (tertiary/aromatic N) is 1. The van der Waals surface area contributed by atoms with Crippen molar-refractivity contribution in [3.8, 4) is 0 Å². The zero-order valence-electron chi connectivity index (χ0n) is 12.4. The lowest BCUT2D eigenvalue weighted by molar-refractivity contribution is 0.462. The topological polar surface area (TPSA) is 24.9 Å². The average molecular weight is 256 g/mol. The number of nitrogens with one attached hydrogen (secondary N) is 1. The first-order valence-corrected chi connectivity index (χ1v) is 7.27. The SMILES string of the molecule is CCNC(C)C(CC)c1cc(C)nc2ccccc12. The van der Waals surface area contributed by atoms with E-state index in [1.807, 2.05) is 0 Å². The summed E-state index contributed by atoms with van der Waals surface area (Å²) < 4.78 is 0. The van der Waals surface area contributed by atoms with Gasteiger partial charge in [0.2, 0.25) is 0 Å². The summed E-state index contributed by atoms with van der Waals surface area (Å²) in [7, 11) is 0. The molecule has 0 aliphatic carbocycles. The summed E-state index contributed by atoms with van der Waals surface area (Å²) in [5.74, 6) is 0.534. The molecule has 19 heavy (non-hydrogen) atoms. The zero-order valence-corrected chi connectivity index (χ0v) is 12.4. The number of rotatable bonds is 5. The van der Waals surface area contributed by atoms with Crippen molar-refractivity contribution in [1.82, 2.24) is 10.3 Å². The molecule has 0 aliphatic rings. The fourth-order valence-electron chi connectivity index (χ4n) is 2.95. The minimum Gasteiger partial charge on any atom is -0.314 e. The number of fused-ring (bicyclic) bond motifs is 1. The third-order valence-electron chi connectivity index (χ3n) is 3.85. The van der Waals surface area contributed by atoms with Gasteiger partial charge in [0.1, 0.15) is 0 Å². The van der Waals surface area contributed by atoms with Crippen LogP contribution in [0.3, 0.4) is 0 Å². The summed E-state index contributed by atoms with van der Waals surface area (Å²) in [5, 5.41) is 4.85. The van der Waals surface area contributed by atoms with Crippen molar-refractivity contribution in [3.63, 3.8) is 0 Å². The number of pyridine rings is 1. The Balaban J connectivity index is 2.52. The van der Waals surface area contributed by atoms with Gasteiger partial charge < -0.3 is 5.32 Å². The molecule has 0 amide bonds. The van der Waals surface area contributed by atoms with Crippen LogP contribution < -0.4 is 5.32 Å². The fourth-order valence-corrected chi connectivity index (χ4v) is 2.95. The zero-order chi connectivity index (χ0) is 13.8. The molecular weight excluding hydrogens is 232 g/mol. The van der Waals surface area contributed by atoms with E-state index in [0.29, 0.717) is 12.0 Å². The van der Waals surface area contributed by atoms with Crippen LogP contribution in [-0.2, 0) is 0 Å². The van der Waals surface area contributed by atoms with Crippen LogP contribution in [-0.4, -0.2) is 17.6 Å². The Hall–Kier alpha value is -1.41. The highest BCUT2D eigenvalue weighted by Crippen LogP contribution is 2.30. The average Bonchev–Trinajstić information content (AvgIpc) is 2.39. The standard InChI is InChI=1S/C17H24N2/c1-5-14(13(4)18-6-2)16-11-12(3)19-17-10-8-7-9-15(16)17/h7-11,13-14,18H,5-6H2,1-4H3. The van der Waals surface area contributed by atoms with E-state index in [9.17, 15) is 0 Å². The van der Waals surface area contributed by atoms with Crippen molar-refractivity contribution in [1.29, 1.82) is 0 Å². The molecule has 102 valence electrons. The molecule has 1 N–H and O–H groups in total. The lowest BCUT2D eigenvalue weighted by Crippen LogP contribution is -2.31. The third-order valence-corrected chi connectivity index (χ3v) is 3.85. The van der Waals surface area contributed by atoms with E-state index >= 15 is 0 Å². The number of aromatic nitrogens is 1. The van der Waals surface area contributed by atoms with E-state index in [1.54, 1.807) is 0 Å². The van der Waals surface area contributed by atoms with Crippen molar-refractivity contribution < 1.29 is 0 Å². The Labute approximate surface area is 116 Å². The van der Waals surface area contributed by atoms with Crippen molar-refractivity contribution in [2.24, 2.45) is 0 Å². The number of likely N-dealkylation sites (N-methyl/N-ethyl adjacent to an activating group) is 1. The normalized spacial score (nSPS) is 14.5. The van der Waals surface area contributed by atoms with Crippen LogP contribution in [0, 0.1) is 6.92 Å². The highest BCUT2D eigenvalue weighted by atomic mass is 14.9. The van der Waals surface area contributed by atoms with Crippen LogP contribution in [0.5, 0.6) is 0 Å². The van der Waals surface area contributed by atoms with E-state index < -0.39 is 0 Å². The first-order valence-electron chi connectivity index (χ1n) is 7.27. The van der Waals surface area contributed by atoms with Gasteiger partial charge in [0.05, 0.1) is 5.52 Å². The monoisotopic (exact) mass is 256 g/mol. The maximum absolute atomic E-state index is 4.64. The molecule has 1 heterocycles. The van der Waals surface area contributed by atoms with Crippen molar-refractivity contribution in [2.75, 3.05) is 6.54 Å². The van der Waals surface area contributed by atoms with Gasteiger partial charge in [0.15, 0.2) is 0 Å². The van der Waals surface area contributed by atoms with Crippen LogP contribution in [0.25, 0.3) is 10.9 Å². The molecule has 2 nitrogen and oxygen atoms in total. The molecule has 0 saturated carbocycles. The molecule has 2 atom stereocenters. The van der Waals surface area contributed by atoms with Crippen molar-refractivity contribution in [2.45, 2.75) is 46.1 Å². The predicted molar refractivity (Wildman–Crippen MR) is 82.7 cm³/mol. The van der Waals surface area contributed by atoms with Gasteiger partial charge in [-0.2, -0.15) is 0 Å². The molecule has 0 saturated heterocycles. The molecule has 0 spiro atoms. The Morgan fingerprint density at radius 3 is 2.63 bits per heavy atom. The number of para-hydroxylation sites is 1. The van der Waals surface area contributed by atoms with E-state index in [0.717, 1.165) is 24.2 Å². The third kappa shape index (κ3) is 2.95. The van der Waals surface area contributed by atoms with Gasteiger partial charge >= 0.3 is 0 Å². The molecule has 2 heteroatoms. The molecular formula is C17H24N2. The summed E-state index contributed by atoms with van der Waals surface area (Å²) >= 11 is 0. The maximum Gasteiger partial charge on any atom is 0.0708 e. The van der Waals surface area contributed by atoms with Crippen LogP contribution in [0.2, 0.25) is 0 Å². The van der Waals surface area contributed by atoms with E-state index in [1.165, 1.54) is 10.9 Å². The Bertz CT molecular complexity index is 548. The first kappa shape index (κ1) is 14.0. The van der Waals surface area contributed by atoms with Crippen LogP contribution >= 0.6 is 0 Å². The van der Waals surface area contributed by atoms with Gasteiger partial charge in [-0.05, 0) is 50.4 Å². The Morgan fingerprint density at radius 2 is 1.95 bits per heavy atom. The molecule has 2 unspecified atom stereocenters. The minimum atomic E-state index is 0.486. The smallest absolute Gasteiger partial charge is 0.0708 e. The van der Waals surface area contributed by atoms with Crippen molar-refractivity contribution in [3.05, 3.63) is 41.6 Å². The molecule has 1 aromatic heterocycles. The van der Waals surface area contributed by atoms with E-state index in [4.69, 9.17) is 0 Å². The van der Waals surface area contributed by atoms with Gasteiger partial charge in [-0.1, -0.05) is 32.0 Å². The molecule has 2 aromatic rings. The fraction of sp³-hybridized carbons (Fsp3) is 0.471. The molecule has 0 aliphatic heterocycles. The highest BCUT2D eigenvalue weighted by Gasteiger charge is 2.19. The molecule has 2 rings (SSSR count). The quantitative estimate of drug-likeness (QED) is 0.873. The lowest BCUT2D eigenvalue weighted by Gasteiger charge is -2.25. The number of hydrogen-bond acceptors (Lipinski definition) is 2. The number of hydrogen-bond donors (Lipinski definition) is 1. The molecule has 0 radical (unpaired) electrons. The second-order valence-electron chi connectivity index (χ2n) is 5.23. The van der Waals surface area contributed by atoms with Crippen LogP contribution in [0.1, 0.15) is 44.4 Å². The number of benzene rings is 1. The highest BCUT2D eigenvalue weighted by molar-refractivity contribution is 5.83. The van der Waals surface area contributed by atoms with Gasteiger partial charge in [0, 0.05) is 17.1 Å². The molecule has 0 fully saturated rings. The largest absolute Gasteiger partial charge is 0.314 e. The van der Waals surface area contributed by atoms with Gasteiger partial charge in [-0.15, -0.1) is 0 Å². The second-order valence-corrected chi connectivity index (χ2v) is 5.23. The summed E-state index contributed by atoms with van der Waals surface area (Å²) in [4.78, 5) is 4.64. The van der Waals surface area contributed by atoms with E-state index in [-0.39, 0.29) is 0 Å². The maximum atomic E-state index is 4.64. The van der Waals surface area contributed by atoms with Gasteiger partial charge in [-0.3, -0.25) is 4.98 Å². The molecule has 0 bridgehead atoms. The number of aryl methyl sites for hydroxylation is 1. The van der Waals surface area contributed by atoms with Crippen molar-refractivity contribution >= 4 is 10.9 Å². The Kier molecular flexibility index (Phi) is 4.54. The summed E-state index contributed by atoms with van der Waals surface area (Å²) in [6, 6.07) is 11.2.